The third kappa shape index (κ3) is 4.40. The largest absolute Gasteiger partial charge is 0.493 e. The van der Waals surface area contributed by atoms with E-state index < -0.39 is 5.91 Å². The lowest BCUT2D eigenvalue weighted by Crippen LogP contribution is -2.28. The van der Waals surface area contributed by atoms with E-state index >= 15 is 0 Å². The van der Waals surface area contributed by atoms with Crippen LogP contribution in [0.1, 0.15) is 61.8 Å². The Hall–Kier alpha value is -4.54. The van der Waals surface area contributed by atoms with Gasteiger partial charge in [-0.1, -0.05) is 32.9 Å². The number of aromatic amines is 1. The van der Waals surface area contributed by atoms with Crippen LogP contribution in [0.4, 0.5) is 0 Å². The summed E-state index contributed by atoms with van der Waals surface area (Å²) < 4.78 is 13.5. The number of aryl methyl sites for hydroxylation is 1. The topological polar surface area (TPSA) is 137 Å². The van der Waals surface area contributed by atoms with Crippen molar-refractivity contribution in [3.63, 3.8) is 0 Å². The molecule has 6 rings (SSSR count). The van der Waals surface area contributed by atoms with E-state index in [0.29, 0.717) is 24.0 Å². The van der Waals surface area contributed by atoms with Gasteiger partial charge in [0.2, 0.25) is 5.89 Å². The van der Waals surface area contributed by atoms with E-state index in [1.165, 1.54) is 0 Å². The van der Waals surface area contributed by atoms with Crippen molar-refractivity contribution in [2.75, 3.05) is 6.61 Å². The highest BCUT2D eigenvalue weighted by Crippen LogP contribution is 2.37. The number of pyridine rings is 1. The Labute approximate surface area is 218 Å². The van der Waals surface area contributed by atoms with Gasteiger partial charge in [-0.05, 0) is 30.5 Å². The van der Waals surface area contributed by atoms with Gasteiger partial charge in [-0.3, -0.25) is 9.48 Å². The minimum Gasteiger partial charge on any atom is -0.493 e. The maximum Gasteiger partial charge on any atom is 0.309 e. The summed E-state index contributed by atoms with van der Waals surface area (Å²) in [4.78, 5) is 25.5. The summed E-state index contributed by atoms with van der Waals surface area (Å²) in [5.41, 5.74) is 4.81. The van der Waals surface area contributed by atoms with Crippen LogP contribution in [0.2, 0.25) is 0 Å². The van der Waals surface area contributed by atoms with Gasteiger partial charge in [0.25, 0.3) is 0 Å². The molecule has 11 nitrogen and oxygen atoms in total. The first-order valence-corrected chi connectivity index (χ1v) is 12.5. The number of fused-ring (bicyclic) bond motifs is 2. The molecule has 0 bridgehead atoms. The monoisotopic (exact) mass is 512 g/mol. The van der Waals surface area contributed by atoms with Crippen molar-refractivity contribution in [3.8, 4) is 28.3 Å². The first-order valence-electron chi connectivity index (χ1n) is 12.5. The molecule has 0 saturated carbocycles. The van der Waals surface area contributed by atoms with Gasteiger partial charge < -0.3 is 19.5 Å². The quantitative estimate of drug-likeness (QED) is 0.363. The molecule has 5 aromatic rings. The van der Waals surface area contributed by atoms with Crippen molar-refractivity contribution in [3.05, 3.63) is 60.2 Å². The molecule has 1 amide bonds. The molecule has 1 aliphatic rings. The molecular formula is C27H28N8O3. The Balaban J connectivity index is 1.31. The molecule has 1 aliphatic heterocycles. The van der Waals surface area contributed by atoms with Gasteiger partial charge in [0, 0.05) is 36.0 Å². The van der Waals surface area contributed by atoms with E-state index in [0.717, 1.165) is 46.4 Å². The molecule has 0 saturated heterocycles. The second-order valence-corrected chi connectivity index (χ2v) is 10.5. The summed E-state index contributed by atoms with van der Waals surface area (Å²) >= 11 is 0. The zero-order chi connectivity index (χ0) is 26.4. The summed E-state index contributed by atoms with van der Waals surface area (Å²) in [6, 6.07) is 7.73. The molecule has 0 spiro atoms. The van der Waals surface area contributed by atoms with E-state index in [-0.39, 0.29) is 17.3 Å². The maximum absolute atomic E-state index is 13.0. The van der Waals surface area contributed by atoms with Crippen LogP contribution in [0.15, 0.2) is 47.3 Å². The SMILES string of the molecule is Cn1cc(-c2nc3nccc(-c4ccc5c(c4)OCCC[C@@H]5NC(=O)c4nnc(C(C)(C)C)o4)c3[nH]2)cn1. The zero-order valence-corrected chi connectivity index (χ0v) is 21.6. The predicted molar refractivity (Wildman–Crippen MR) is 139 cm³/mol. The molecule has 2 N–H and O–H groups in total. The molecule has 1 atom stereocenters. The Kier molecular flexibility index (Phi) is 5.70. The number of ether oxygens (including phenoxy) is 1. The fourth-order valence-electron chi connectivity index (χ4n) is 4.56. The number of H-pyrrole nitrogens is 1. The predicted octanol–water partition coefficient (Wildman–Crippen LogP) is 4.35. The number of carbonyl (C=O) groups is 1. The van der Waals surface area contributed by atoms with E-state index in [4.69, 9.17) is 9.15 Å². The van der Waals surface area contributed by atoms with Crippen molar-refractivity contribution in [2.45, 2.75) is 45.1 Å². The summed E-state index contributed by atoms with van der Waals surface area (Å²) in [5.74, 6) is 1.42. The third-order valence-electron chi connectivity index (χ3n) is 6.53. The number of amides is 1. The van der Waals surface area contributed by atoms with Gasteiger partial charge in [0.1, 0.15) is 11.6 Å². The number of nitrogens with one attached hydrogen (secondary N) is 2. The minimum absolute atomic E-state index is 0.0406. The molecule has 1 aromatic carbocycles. The number of imidazole rings is 1. The molecule has 0 radical (unpaired) electrons. The number of rotatable bonds is 4. The van der Waals surface area contributed by atoms with Crippen LogP contribution in [0, 0.1) is 0 Å². The van der Waals surface area contributed by atoms with E-state index in [1.54, 1.807) is 17.1 Å². The van der Waals surface area contributed by atoms with Crippen LogP contribution in [-0.2, 0) is 12.5 Å². The molecule has 38 heavy (non-hydrogen) atoms. The average Bonchev–Trinajstić information content (AvgIpc) is 3.62. The Morgan fingerprint density at radius 3 is 2.82 bits per heavy atom. The highest BCUT2D eigenvalue weighted by atomic mass is 16.5. The maximum atomic E-state index is 13.0. The standard InChI is InChI=1S/C27H28N8O3/c1-27(2,3)26-34-33-25(38-26)24(36)30-19-6-5-11-37-20-12-15(7-8-18(19)20)17-9-10-28-23-21(17)31-22(32-23)16-13-29-35(4)14-16/h7-10,12-14,19H,5-6,11H2,1-4H3,(H,30,36)(H,28,31,32)/t19-/m0/s1. The van der Waals surface area contributed by atoms with Crippen molar-refractivity contribution in [2.24, 2.45) is 7.05 Å². The van der Waals surface area contributed by atoms with E-state index in [1.807, 2.05) is 58.3 Å². The fraction of sp³-hybridized carbons (Fsp3) is 0.333. The lowest BCUT2D eigenvalue weighted by Gasteiger charge is -2.18. The van der Waals surface area contributed by atoms with Crippen molar-refractivity contribution >= 4 is 17.1 Å². The van der Waals surface area contributed by atoms with Crippen LogP contribution in [0.25, 0.3) is 33.7 Å². The Morgan fingerprint density at radius 1 is 1.18 bits per heavy atom. The summed E-state index contributed by atoms with van der Waals surface area (Å²) in [6.45, 7) is 6.42. The molecule has 0 unspecified atom stereocenters. The first-order chi connectivity index (χ1) is 18.3. The summed E-state index contributed by atoms with van der Waals surface area (Å²) in [7, 11) is 1.87. The highest BCUT2D eigenvalue weighted by molar-refractivity contribution is 5.92. The second kappa shape index (κ2) is 9.09. The van der Waals surface area contributed by atoms with Crippen LogP contribution in [0.3, 0.4) is 0 Å². The normalized spacial score (nSPS) is 15.6. The molecular weight excluding hydrogens is 484 g/mol. The van der Waals surface area contributed by atoms with Gasteiger partial charge >= 0.3 is 11.8 Å². The van der Waals surface area contributed by atoms with Gasteiger partial charge in [0.05, 0.1) is 29.9 Å². The van der Waals surface area contributed by atoms with Crippen molar-refractivity contribution < 1.29 is 13.9 Å². The van der Waals surface area contributed by atoms with Crippen molar-refractivity contribution in [1.29, 1.82) is 0 Å². The van der Waals surface area contributed by atoms with Gasteiger partial charge in [0.15, 0.2) is 5.65 Å². The third-order valence-corrected chi connectivity index (χ3v) is 6.53. The van der Waals surface area contributed by atoms with Crippen molar-refractivity contribution in [1.82, 2.24) is 40.2 Å². The first kappa shape index (κ1) is 23.8. The van der Waals surface area contributed by atoms with Gasteiger partial charge in [-0.2, -0.15) is 5.10 Å². The molecule has 0 fully saturated rings. The lowest BCUT2D eigenvalue weighted by atomic mass is 9.97. The summed E-state index contributed by atoms with van der Waals surface area (Å²) in [5, 5.41) is 15.3. The number of nitrogens with zero attached hydrogens (tertiary/aromatic N) is 6. The Bertz CT molecular complexity index is 1640. The fourth-order valence-corrected chi connectivity index (χ4v) is 4.56. The minimum atomic E-state index is -0.397. The Morgan fingerprint density at radius 2 is 2.05 bits per heavy atom. The molecule has 194 valence electrons. The second-order valence-electron chi connectivity index (χ2n) is 10.5. The molecule has 4 aromatic heterocycles. The van der Waals surface area contributed by atoms with Crippen LogP contribution >= 0.6 is 0 Å². The number of benzene rings is 1. The average molecular weight is 513 g/mol. The lowest BCUT2D eigenvalue weighted by molar-refractivity contribution is 0.0896. The molecule has 11 heteroatoms. The van der Waals surface area contributed by atoms with Crippen LogP contribution < -0.4 is 10.1 Å². The number of aromatic nitrogens is 7. The highest BCUT2D eigenvalue weighted by Gasteiger charge is 2.27. The smallest absolute Gasteiger partial charge is 0.309 e. The molecule has 5 heterocycles. The van der Waals surface area contributed by atoms with Crippen LogP contribution in [0.5, 0.6) is 5.75 Å². The van der Waals surface area contributed by atoms with E-state index in [9.17, 15) is 4.79 Å². The molecule has 0 aliphatic carbocycles. The number of hydrogen-bond donors (Lipinski definition) is 2. The number of hydrogen-bond acceptors (Lipinski definition) is 8. The summed E-state index contributed by atoms with van der Waals surface area (Å²) in [6.07, 6.45) is 6.94. The number of carbonyl (C=O) groups excluding carboxylic acids is 1. The van der Waals surface area contributed by atoms with Gasteiger partial charge in [-0.25, -0.2) is 9.97 Å². The zero-order valence-electron chi connectivity index (χ0n) is 21.6. The van der Waals surface area contributed by atoms with E-state index in [2.05, 4.69) is 35.6 Å². The van der Waals surface area contributed by atoms with Gasteiger partial charge in [-0.15, -0.1) is 10.2 Å². The van der Waals surface area contributed by atoms with Crippen LogP contribution in [-0.4, -0.2) is 47.4 Å².